The van der Waals surface area contributed by atoms with Gasteiger partial charge >= 0.3 is 0 Å². The third-order valence-corrected chi connectivity index (χ3v) is 4.65. The minimum atomic E-state index is -0.317. The van der Waals surface area contributed by atoms with Crippen LogP contribution in [0.2, 0.25) is 0 Å². The van der Waals surface area contributed by atoms with Gasteiger partial charge in [-0.05, 0) is 55.8 Å². The van der Waals surface area contributed by atoms with Crippen molar-refractivity contribution in [1.29, 1.82) is 0 Å². The second-order valence-electron chi connectivity index (χ2n) is 6.59. The normalized spacial score (nSPS) is 12.7. The van der Waals surface area contributed by atoms with Crippen molar-refractivity contribution >= 4 is 5.91 Å². The third-order valence-electron chi connectivity index (χ3n) is 4.65. The van der Waals surface area contributed by atoms with Gasteiger partial charge in [0.15, 0.2) is 11.5 Å². The number of halogens is 1. The molecule has 0 fully saturated rings. The van der Waals surface area contributed by atoms with Gasteiger partial charge in [-0.2, -0.15) is 5.10 Å². The van der Waals surface area contributed by atoms with E-state index in [2.05, 4.69) is 10.4 Å². The van der Waals surface area contributed by atoms with Gasteiger partial charge in [-0.25, -0.2) is 9.07 Å². The van der Waals surface area contributed by atoms with Crippen molar-refractivity contribution in [3.63, 3.8) is 0 Å². The molecule has 2 aromatic carbocycles. The number of fused-ring (bicyclic) bond motifs is 1. The standard InChI is InChI=1S/C21H20FN3O3/c1-13-20(14(2)25(24-13)17-6-4-16(22)5-7-17)21(26)23-12-15-3-8-18-19(11-15)28-10-9-27-18/h3-8,11H,9-10,12H2,1-2H3,(H,23,26). The van der Waals surface area contributed by atoms with Gasteiger partial charge in [0, 0.05) is 6.54 Å². The summed E-state index contributed by atoms with van der Waals surface area (Å²) >= 11 is 0. The molecule has 6 nitrogen and oxygen atoms in total. The highest BCUT2D eigenvalue weighted by atomic mass is 19.1. The maximum absolute atomic E-state index is 13.2. The van der Waals surface area contributed by atoms with E-state index >= 15 is 0 Å². The van der Waals surface area contributed by atoms with Crippen molar-refractivity contribution in [2.24, 2.45) is 0 Å². The molecule has 4 rings (SSSR count). The molecule has 1 amide bonds. The summed E-state index contributed by atoms with van der Waals surface area (Å²) in [4.78, 5) is 12.8. The first-order valence-corrected chi connectivity index (χ1v) is 9.02. The van der Waals surface area contributed by atoms with Gasteiger partial charge in [-0.1, -0.05) is 6.07 Å². The molecule has 0 aliphatic carbocycles. The lowest BCUT2D eigenvalue weighted by Gasteiger charge is -2.19. The van der Waals surface area contributed by atoms with Crippen LogP contribution in [0.5, 0.6) is 11.5 Å². The molecule has 28 heavy (non-hydrogen) atoms. The summed E-state index contributed by atoms with van der Waals surface area (Å²) in [6.07, 6.45) is 0. The molecule has 3 aromatic rings. The number of nitrogens with zero attached hydrogens (tertiary/aromatic N) is 2. The predicted octanol–water partition coefficient (Wildman–Crippen LogP) is 3.33. The van der Waals surface area contributed by atoms with Gasteiger partial charge < -0.3 is 14.8 Å². The first kappa shape index (κ1) is 18.0. The van der Waals surface area contributed by atoms with Crippen LogP contribution in [0.1, 0.15) is 27.3 Å². The Hall–Kier alpha value is -3.35. The molecule has 0 atom stereocenters. The van der Waals surface area contributed by atoms with Crippen molar-refractivity contribution < 1.29 is 18.7 Å². The number of hydrogen-bond donors (Lipinski definition) is 1. The first-order valence-electron chi connectivity index (χ1n) is 9.02. The fourth-order valence-electron chi connectivity index (χ4n) is 3.27. The highest BCUT2D eigenvalue weighted by Gasteiger charge is 2.20. The number of rotatable bonds is 4. The molecule has 0 bridgehead atoms. The van der Waals surface area contributed by atoms with Crippen LogP contribution in [-0.2, 0) is 6.54 Å². The molecule has 2 heterocycles. The summed E-state index contributed by atoms with van der Waals surface area (Å²) in [6, 6.07) is 11.6. The van der Waals surface area contributed by atoms with E-state index in [4.69, 9.17) is 9.47 Å². The van der Waals surface area contributed by atoms with E-state index in [0.29, 0.717) is 53.9 Å². The quantitative estimate of drug-likeness (QED) is 0.753. The summed E-state index contributed by atoms with van der Waals surface area (Å²) < 4.78 is 25.9. The Bertz CT molecular complexity index is 1030. The fourth-order valence-corrected chi connectivity index (χ4v) is 3.27. The van der Waals surface area contributed by atoms with Gasteiger partial charge in [0.05, 0.1) is 22.6 Å². The predicted molar refractivity (Wildman–Crippen MR) is 102 cm³/mol. The molecular weight excluding hydrogens is 361 g/mol. The number of amides is 1. The highest BCUT2D eigenvalue weighted by molar-refractivity contribution is 5.96. The number of carbonyl (C=O) groups is 1. The fraction of sp³-hybridized carbons (Fsp3) is 0.238. The molecule has 0 saturated heterocycles. The van der Waals surface area contributed by atoms with Crippen molar-refractivity contribution in [2.45, 2.75) is 20.4 Å². The van der Waals surface area contributed by atoms with Gasteiger partial charge in [0.2, 0.25) is 0 Å². The maximum Gasteiger partial charge on any atom is 0.255 e. The molecule has 1 aliphatic heterocycles. The maximum atomic E-state index is 13.2. The first-order chi connectivity index (χ1) is 13.5. The third kappa shape index (κ3) is 3.43. The lowest BCUT2D eigenvalue weighted by molar-refractivity contribution is 0.0949. The van der Waals surface area contributed by atoms with E-state index in [0.717, 1.165) is 5.56 Å². The van der Waals surface area contributed by atoms with Gasteiger partial charge in [-0.15, -0.1) is 0 Å². The van der Waals surface area contributed by atoms with E-state index < -0.39 is 0 Å². The number of ether oxygens (including phenoxy) is 2. The smallest absolute Gasteiger partial charge is 0.255 e. The van der Waals surface area contributed by atoms with Crippen LogP contribution in [0, 0.1) is 19.7 Å². The number of aromatic nitrogens is 2. The Kier molecular flexibility index (Phi) is 4.73. The second-order valence-corrected chi connectivity index (χ2v) is 6.59. The largest absolute Gasteiger partial charge is 0.486 e. The molecule has 1 N–H and O–H groups in total. The second kappa shape index (κ2) is 7.34. The van der Waals surface area contributed by atoms with Crippen LogP contribution >= 0.6 is 0 Å². The summed E-state index contributed by atoms with van der Waals surface area (Å²) in [5.41, 5.74) is 3.44. The highest BCUT2D eigenvalue weighted by Crippen LogP contribution is 2.30. The minimum absolute atomic E-state index is 0.210. The monoisotopic (exact) mass is 381 g/mol. The molecule has 1 aliphatic rings. The number of nitrogens with one attached hydrogen (secondary N) is 1. The molecular formula is C21H20FN3O3. The zero-order valence-electron chi connectivity index (χ0n) is 15.7. The lowest BCUT2D eigenvalue weighted by Crippen LogP contribution is -2.24. The molecule has 1 aromatic heterocycles. The Morgan fingerprint density at radius 3 is 2.57 bits per heavy atom. The summed E-state index contributed by atoms with van der Waals surface area (Å²) in [5.74, 6) is 0.879. The molecule has 144 valence electrons. The van der Waals surface area contributed by atoms with Crippen LogP contribution in [0.15, 0.2) is 42.5 Å². The molecule has 0 saturated carbocycles. The Balaban J connectivity index is 1.51. The van der Waals surface area contributed by atoms with Crippen molar-refractivity contribution in [1.82, 2.24) is 15.1 Å². The Morgan fingerprint density at radius 2 is 1.82 bits per heavy atom. The number of aryl methyl sites for hydroxylation is 1. The molecule has 0 unspecified atom stereocenters. The molecule has 0 spiro atoms. The van der Waals surface area contributed by atoms with E-state index in [1.165, 1.54) is 12.1 Å². The van der Waals surface area contributed by atoms with Gasteiger partial charge in [0.25, 0.3) is 5.91 Å². The van der Waals surface area contributed by atoms with E-state index in [1.807, 2.05) is 25.1 Å². The van der Waals surface area contributed by atoms with Crippen LogP contribution < -0.4 is 14.8 Å². The number of benzene rings is 2. The summed E-state index contributed by atoms with van der Waals surface area (Å²) in [5, 5.41) is 7.37. The SMILES string of the molecule is Cc1nn(-c2ccc(F)cc2)c(C)c1C(=O)NCc1ccc2c(c1)OCCO2. The van der Waals surface area contributed by atoms with Crippen LogP contribution in [0.3, 0.4) is 0 Å². The van der Waals surface area contributed by atoms with E-state index in [1.54, 1.807) is 23.7 Å². The number of hydrogen-bond acceptors (Lipinski definition) is 4. The van der Waals surface area contributed by atoms with Gasteiger partial charge in [-0.3, -0.25) is 4.79 Å². The Labute approximate surface area is 161 Å². The summed E-state index contributed by atoms with van der Waals surface area (Å²) in [7, 11) is 0. The van der Waals surface area contributed by atoms with Crippen LogP contribution in [0.25, 0.3) is 5.69 Å². The zero-order chi connectivity index (χ0) is 19.7. The average molecular weight is 381 g/mol. The lowest BCUT2D eigenvalue weighted by atomic mass is 10.1. The van der Waals surface area contributed by atoms with E-state index in [-0.39, 0.29) is 11.7 Å². The number of carbonyl (C=O) groups excluding carboxylic acids is 1. The van der Waals surface area contributed by atoms with Crippen LogP contribution in [-0.4, -0.2) is 28.9 Å². The van der Waals surface area contributed by atoms with E-state index in [9.17, 15) is 9.18 Å². The minimum Gasteiger partial charge on any atom is -0.486 e. The van der Waals surface area contributed by atoms with Crippen LogP contribution in [0.4, 0.5) is 4.39 Å². The van der Waals surface area contributed by atoms with Crippen molar-refractivity contribution in [2.75, 3.05) is 13.2 Å². The zero-order valence-corrected chi connectivity index (χ0v) is 15.7. The summed E-state index contributed by atoms with van der Waals surface area (Å²) in [6.45, 7) is 5.02. The average Bonchev–Trinajstić information content (AvgIpc) is 3.00. The van der Waals surface area contributed by atoms with Crippen molar-refractivity contribution in [3.8, 4) is 17.2 Å². The topological polar surface area (TPSA) is 65.4 Å². The molecule has 0 radical (unpaired) electrons. The molecule has 7 heteroatoms. The van der Waals surface area contributed by atoms with Crippen molar-refractivity contribution in [3.05, 3.63) is 70.8 Å². The Morgan fingerprint density at radius 1 is 1.11 bits per heavy atom. The van der Waals surface area contributed by atoms with Gasteiger partial charge in [0.1, 0.15) is 19.0 Å².